The van der Waals surface area contributed by atoms with Gasteiger partial charge in [0.1, 0.15) is 0 Å². The third-order valence-electron chi connectivity index (χ3n) is 3.61. The zero-order valence-electron chi connectivity index (χ0n) is 12.4. The first-order chi connectivity index (χ1) is 10.7. The predicted molar refractivity (Wildman–Crippen MR) is 88.6 cm³/mol. The van der Waals surface area contributed by atoms with E-state index in [-0.39, 0.29) is 19.8 Å². The Kier molecular flexibility index (Phi) is 5.77. The number of rotatable bonds is 7. The van der Waals surface area contributed by atoms with Gasteiger partial charge in [-0.15, -0.1) is 0 Å². The Bertz CT molecular complexity index is 593. The van der Waals surface area contributed by atoms with Crippen molar-refractivity contribution >= 4 is 11.4 Å². The van der Waals surface area contributed by atoms with E-state index in [4.69, 9.17) is 10.8 Å². The normalized spacial score (nSPS) is 10.7. The summed E-state index contributed by atoms with van der Waals surface area (Å²) >= 11 is 0. The molecule has 118 valence electrons. The summed E-state index contributed by atoms with van der Waals surface area (Å²) in [5, 5.41) is 27.5. The van der Waals surface area contributed by atoms with Crippen LogP contribution in [0.25, 0.3) is 11.1 Å². The Morgan fingerprint density at radius 2 is 1.50 bits per heavy atom. The van der Waals surface area contributed by atoms with Crippen LogP contribution in [-0.2, 0) is 6.61 Å². The summed E-state index contributed by atoms with van der Waals surface area (Å²) in [5.41, 5.74) is 10.4. The fourth-order valence-electron chi connectivity index (χ4n) is 2.46. The van der Waals surface area contributed by atoms with Crippen molar-refractivity contribution < 1.29 is 15.3 Å². The Labute approximate surface area is 130 Å². The summed E-state index contributed by atoms with van der Waals surface area (Å²) in [6.45, 7) is 0.829. The molecule has 0 radical (unpaired) electrons. The van der Waals surface area contributed by atoms with Crippen LogP contribution >= 0.6 is 0 Å². The minimum absolute atomic E-state index is 0.00509. The minimum Gasteiger partial charge on any atom is -0.397 e. The summed E-state index contributed by atoms with van der Waals surface area (Å²) in [7, 11) is 0. The first kappa shape index (κ1) is 16.3. The molecule has 0 aliphatic rings. The molecule has 22 heavy (non-hydrogen) atoms. The lowest BCUT2D eigenvalue weighted by Crippen LogP contribution is -2.30. The first-order valence-corrected chi connectivity index (χ1v) is 7.26. The van der Waals surface area contributed by atoms with Crippen molar-refractivity contribution in [2.24, 2.45) is 0 Å². The average molecular weight is 302 g/mol. The number of aliphatic hydroxyl groups excluding tert-OH is 3. The Morgan fingerprint density at radius 1 is 0.864 bits per heavy atom. The molecule has 0 unspecified atom stereocenters. The van der Waals surface area contributed by atoms with Crippen molar-refractivity contribution in [3.05, 3.63) is 48.0 Å². The highest BCUT2D eigenvalue weighted by atomic mass is 16.3. The molecule has 0 bridgehead atoms. The second-order valence-corrected chi connectivity index (χ2v) is 5.03. The summed E-state index contributed by atoms with van der Waals surface area (Å²) in [6, 6.07) is 13.3. The van der Waals surface area contributed by atoms with E-state index in [1.54, 1.807) is 0 Å². The second kappa shape index (κ2) is 7.79. The lowest BCUT2D eigenvalue weighted by molar-refractivity contribution is 0.281. The van der Waals surface area contributed by atoms with Crippen molar-refractivity contribution in [1.29, 1.82) is 0 Å². The molecule has 5 heteroatoms. The van der Waals surface area contributed by atoms with E-state index in [0.717, 1.165) is 22.4 Å². The van der Waals surface area contributed by atoms with Crippen LogP contribution in [0.3, 0.4) is 0 Å². The molecule has 0 saturated carbocycles. The largest absolute Gasteiger partial charge is 0.397 e. The number of hydrogen-bond acceptors (Lipinski definition) is 5. The maximum atomic E-state index is 9.17. The highest BCUT2D eigenvalue weighted by Gasteiger charge is 2.12. The van der Waals surface area contributed by atoms with Crippen molar-refractivity contribution in [1.82, 2.24) is 0 Å². The number of benzene rings is 2. The lowest BCUT2D eigenvalue weighted by Gasteiger charge is -2.25. The molecule has 0 saturated heterocycles. The molecule has 0 aromatic heterocycles. The number of nitrogens with two attached hydrogens (primary N) is 1. The smallest absolute Gasteiger partial charge is 0.0681 e. The van der Waals surface area contributed by atoms with Crippen LogP contribution in [0.2, 0.25) is 0 Å². The molecule has 0 fully saturated rings. The van der Waals surface area contributed by atoms with E-state index in [9.17, 15) is 10.2 Å². The van der Waals surface area contributed by atoms with Gasteiger partial charge in [0.25, 0.3) is 0 Å². The average Bonchev–Trinajstić information content (AvgIpc) is 2.55. The summed E-state index contributed by atoms with van der Waals surface area (Å²) < 4.78 is 0. The van der Waals surface area contributed by atoms with Crippen molar-refractivity contribution in [3.8, 4) is 11.1 Å². The van der Waals surface area contributed by atoms with Crippen LogP contribution in [0.5, 0.6) is 0 Å². The molecule has 0 amide bonds. The van der Waals surface area contributed by atoms with Gasteiger partial charge in [-0.3, -0.25) is 0 Å². The van der Waals surface area contributed by atoms with Gasteiger partial charge >= 0.3 is 0 Å². The predicted octanol–water partition coefficient (Wildman–Crippen LogP) is 1.22. The monoisotopic (exact) mass is 302 g/mol. The van der Waals surface area contributed by atoms with Crippen molar-refractivity contribution in [2.75, 3.05) is 36.9 Å². The van der Waals surface area contributed by atoms with E-state index in [1.807, 2.05) is 47.4 Å². The highest BCUT2D eigenvalue weighted by Crippen LogP contribution is 2.33. The standard InChI is InChI=1S/C17H22N2O3/c18-17-15(14-6-4-13(12-22)5-7-14)2-1-3-16(17)19(8-10-20)9-11-21/h1-7,20-22H,8-12,18H2. The van der Waals surface area contributed by atoms with E-state index >= 15 is 0 Å². The number of aliphatic hydroxyl groups is 3. The van der Waals surface area contributed by atoms with Crippen LogP contribution in [-0.4, -0.2) is 41.6 Å². The number of hydrogen-bond donors (Lipinski definition) is 4. The minimum atomic E-state index is -0.00509. The number of para-hydroxylation sites is 1. The van der Waals surface area contributed by atoms with Gasteiger partial charge in [0.15, 0.2) is 0 Å². The summed E-state index contributed by atoms with van der Waals surface area (Å²) in [6.07, 6.45) is 0. The van der Waals surface area contributed by atoms with Crippen LogP contribution < -0.4 is 10.6 Å². The molecular formula is C17H22N2O3. The zero-order chi connectivity index (χ0) is 15.9. The fraction of sp³-hybridized carbons (Fsp3) is 0.294. The van der Waals surface area contributed by atoms with Gasteiger partial charge in [-0.1, -0.05) is 36.4 Å². The fourth-order valence-corrected chi connectivity index (χ4v) is 2.46. The van der Waals surface area contributed by atoms with E-state index in [2.05, 4.69) is 0 Å². The van der Waals surface area contributed by atoms with Gasteiger partial charge in [0, 0.05) is 18.7 Å². The maximum absolute atomic E-state index is 9.17. The second-order valence-electron chi connectivity index (χ2n) is 5.03. The van der Waals surface area contributed by atoms with Gasteiger partial charge in [0.05, 0.1) is 31.2 Å². The Hall–Kier alpha value is -2.08. The van der Waals surface area contributed by atoms with Crippen LogP contribution in [0.1, 0.15) is 5.56 Å². The Morgan fingerprint density at radius 3 is 2.05 bits per heavy atom. The molecule has 0 spiro atoms. The number of nitrogens with zero attached hydrogens (tertiary/aromatic N) is 1. The van der Waals surface area contributed by atoms with E-state index in [1.165, 1.54) is 0 Å². The topological polar surface area (TPSA) is 90.0 Å². The molecular weight excluding hydrogens is 280 g/mol. The van der Waals surface area contributed by atoms with Gasteiger partial charge in [0.2, 0.25) is 0 Å². The number of anilines is 2. The third kappa shape index (κ3) is 3.57. The van der Waals surface area contributed by atoms with Gasteiger partial charge in [-0.05, 0) is 17.2 Å². The molecule has 0 aliphatic carbocycles. The molecule has 5 N–H and O–H groups in total. The zero-order valence-corrected chi connectivity index (χ0v) is 12.4. The van der Waals surface area contributed by atoms with Gasteiger partial charge in [-0.25, -0.2) is 0 Å². The van der Waals surface area contributed by atoms with Crippen molar-refractivity contribution in [2.45, 2.75) is 6.61 Å². The van der Waals surface area contributed by atoms with Gasteiger partial charge in [-0.2, -0.15) is 0 Å². The molecule has 2 aromatic carbocycles. The molecule has 2 aromatic rings. The van der Waals surface area contributed by atoms with Crippen LogP contribution in [0.15, 0.2) is 42.5 Å². The summed E-state index contributed by atoms with van der Waals surface area (Å²) in [4.78, 5) is 1.86. The SMILES string of the molecule is Nc1c(-c2ccc(CO)cc2)cccc1N(CCO)CCO. The van der Waals surface area contributed by atoms with Gasteiger partial charge < -0.3 is 26.0 Å². The third-order valence-corrected chi connectivity index (χ3v) is 3.61. The molecule has 0 heterocycles. The molecule has 0 atom stereocenters. The molecule has 5 nitrogen and oxygen atoms in total. The first-order valence-electron chi connectivity index (χ1n) is 7.26. The number of nitrogen functional groups attached to an aromatic ring is 1. The van der Waals surface area contributed by atoms with E-state index < -0.39 is 0 Å². The van der Waals surface area contributed by atoms with Crippen LogP contribution in [0, 0.1) is 0 Å². The van der Waals surface area contributed by atoms with Crippen LogP contribution in [0.4, 0.5) is 11.4 Å². The quantitative estimate of drug-likeness (QED) is 0.577. The highest BCUT2D eigenvalue weighted by molar-refractivity contribution is 5.86. The van der Waals surface area contributed by atoms with Crippen molar-refractivity contribution in [3.63, 3.8) is 0 Å². The van der Waals surface area contributed by atoms with E-state index in [0.29, 0.717) is 18.8 Å². The summed E-state index contributed by atoms with van der Waals surface area (Å²) in [5.74, 6) is 0. The molecule has 0 aliphatic heterocycles. The maximum Gasteiger partial charge on any atom is 0.0681 e. The lowest BCUT2D eigenvalue weighted by atomic mass is 10.0. The molecule has 2 rings (SSSR count). The Balaban J connectivity index is 2.38.